The Kier molecular flexibility index (Phi) is 4.83. The van der Waals surface area contributed by atoms with Gasteiger partial charge in [-0.2, -0.15) is 0 Å². The fourth-order valence-electron chi connectivity index (χ4n) is 2.21. The van der Waals surface area contributed by atoms with Crippen LogP contribution in [0.5, 0.6) is 0 Å². The third kappa shape index (κ3) is 3.22. The van der Waals surface area contributed by atoms with Crippen molar-refractivity contribution in [3.8, 4) is 0 Å². The maximum Gasteiger partial charge on any atom is 0.271 e. The van der Waals surface area contributed by atoms with Crippen molar-refractivity contribution in [1.82, 2.24) is 4.90 Å². The number of benzene rings is 1. The predicted molar refractivity (Wildman–Crippen MR) is 77.5 cm³/mol. The van der Waals surface area contributed by atoms with E-state index in [2.05, 4.69) is 0 Å². The maximum absolute atomic E-state index is 12.5. The Morgan fingerprint density at radius 3 is 2.60 bits per heavy atom. The van der Waals surface area contributed by atoms with E-state index < -0.39 is 4.92 Å². The van der Waals surface area contributed by atoms with Gasteiger partial charge in [0.2, 0.25) is 0 Å². The summed E-state index contributed by atoms with van der Waals surface area (Å²) in [5.41, 5.74) is 0.0569. The fraction of sp³-hybridized carbons (Fsp3) is 0.462. The molecule has 1 saturated carbocycles. The second-order valence-corrected chi connectivity index (χ2v) is 5.54. The largest absolute Gasteiger partial charge is 0.334 e. The first-order valence-corrected chi connectivity index (χ1v) is 7.26. The number of alkyl halides is 1. The minimum Gasteiger partial charge on any atom is -0.334 e. The maximum atomic E-state index is 12.5. The number of nitrogens with zero attached hydrogens (tertiary/aromatic N) is 2. The van der Waals surface area contributed by atoms with Crippen molar-refractivity contribution in [2.45, 2.75) is 25.3 Å². The van der Waals surface area contributed by atoms with E-state index in [0.717, 1.165) is 19.3 Å². The summed E-state index contributed by atoms with van der Waals surface area (Å²) in [7, 11) is 0. The average Bonchev–Trinajstić information content (AvgIpc) is 2.34. The highest BCUT2D eigenvalue weighted by Crippen LogP contribution is 2.28. The molecule has 0 spiro atoms. The topological polar surface area (TPSA) is 63.4 Å². The molecule has 0 atom stereocenters. The molecule has 2 rings (SSSR count). The van der Waals surface area contributed by atoms with Gasteiger partial charge in [-0.05, 0) is 25.3 Å². The number of nitro groups is 1. The number of non-ortho nitro benzene ring substituents is 1. The van der Waals surface area contributed by atoms with Gasteiger partial charge < -0.3 is 4.90 Å². The molecule has 20 heavy (non-hydrogen) atoms. The van der Waals surface area contributed by atoms with Gasteiger partial charge in [0.1, 0.15) is 0 Å². The minimum atomic E-state index is -0.558. The molecule has 1 aliphatic carbocycles. The summed E-state index contributed by atoms with van der Waals surface area (Å²) in [6, 6.07) is 4.12. The molecule has 1 aromatic carbocycles. The van der Waals surface area contributed by atoms with E-state index in [9.17, 15) is 14.9 Å². The zero-order chi connectivity index (χ0) is 14.7. The molecule has 1 amide bonds. The van der Waals surface area contributed by atoms with Crippen molar-refractivity contribution in [1.29, 1.82) is 0 Å². The lowest BCUT2D eigenvalue weighted by molar-refractivity contribution is -0.384. The first kappa shape index (κ1) is 15.1. The molecule has 1 aromatic rings. The highest BCUT2D eigenvalue weighted by molar-refractivity contribution is 6.31. The van der Waals surface area contributed by atoms with E-state index in [-0.39, 0.29) is 28.2 Å². The Balaban J connectivity index is 2.28. The van der Waals surface area contributed by atoms with Crippen LogP contribution in [0.15, 0.2) is 18.2 Å². The van der Waals surface area contributed by atoms with E-state index in [1.807, 2.05) is 0 Å². The number of halogens is 2. The lowest BCUT2D eigenvalue weighted by Gasteiger charge is -2.37. The number of hydrogen-bond donors (Lipinski definition) is 0. The third-order valence-electron chi connectivity index (χ3n) is 3.44. The highest BCUT2D eigenvalue weighted by atomic mass is 35.5. The average molecular weight is 317 g/mol. The van der Waals surface area contributed by atoms with Gasteiger partial charge in [-0.3, -0.25) is 14.9 Å². The highest BCUT2D eigenvalue weighted by Gasteiger charge is 2.29. The van der Waals surface area contributed by atoms with Gasteiger partial charge in [-0.1, -0.05) is 11.6 Å². The van der Waals surface area contributed by atoms with Crippen LogP contribution < -0.4 is 0 Å². The van der Waals surface area contributed by atoms with Gasteiger partial charge in [0.25, 0.3) is 11.6 Å². The van der Waals surface area contributed by atoms with Crippen LogP contribution in [-0.4, -0.2) is 34.2 Å². The fourth-order valence-corrected chi connectivity index (χ4v) is 2.62. The van der Waals surface area contributed by atoms with Gasteiger partial charge in [-0.25, -0.2) is 0 Å². The quantitative estimate of drug-likeness (QED) is 0.474. The molecule has 0 bridgehead atoms. The normalized spacial score (nSPS) is 14.7. The molecule has 1 aliphatic rings. The number of hydrogen-bond acceptors (Lipinski definition) is 3. The van der Waals surface area contributed by atoms with Crippen LogP contribution in [0.4, 0.5) is 5.69 Å². The molecular weight excluding hydrogens is 303 g/mol. The zero-order valence-corrected chi connectivity index (χ0v) is 12.2. The summed E-state index contributed by atoms with van der Waals surface area (Å²) >= 11 is 11.6. The number of nitro benzene ring substituents is 1. The Bertz CT molecular complexity index is 532. The Hall–Kier alpha value is -1.33. The van der Waals surface area contributed by atoms with Crippen LogP contribution in [0, 0.1) is 10.1 Å². The minimum absolute atomic E-state index is 0.180. The molecule has 0 N–H and O–H groups in total. The van der Waals surface area contributed by atoms with Crippen molar-refractivity contribution in [3.63, 3.8) is 0 Å². The number of carbonyl (C=O) groups excluding carboxylic acids is 1. The van der Waals surface area contributed by atoms with E-state index in [0.29, 0.717) is 12.4 Å². The second kappa shape index (κ2) is 6.41. The molecule has 1 fully saturated rings. The van der Waals surface area contributed by atoms with E-state index >= 15 is 0 Å². The molecule has 0 radical (unpaired) electrons. The predicted octanol–water partition coefficient (Wildman–Crippen LogP) is 3.48. The Labute approximate surface area is 126 Å². The third-order valence-corrected chi connectivity index (χ3v) is 3.83. The van der Waals surface area contributed by atoms with Crippen molar-refractivity contribution < 1.29 is 9.72 Å². The lowest BCUT2D eigenvalue weighted by atomic mass is 9.91. The van der Waals surface area contributed by atoms with Gasteiger partial charge in [0, 0.05) is 41.2 Å². The van der Waals surface area contributed by atoms with Gasteiger partial charge in [0.15, 0.2) is 0 Å². The molecule has 7 heteroatoms. The lowest BCUT2D eigenvalue weighted by Crippen LogP contribution is -2.45. The summed E-state index contributed by atoms with van der Waals surface area (Å²) in [6.45, 7) is 0.436. The van der Waals surface area contributed by atoms with Crippen molar-refractivity contribution >= 4 is 34.8 Å². The van der Waals surface area contributed by atoms with Gasteiger partial charge >= 0.3 is 0 Å². The van der Waals surface area contributed by atoms with Crippen molar-refractivity contribution in [2.24, 2.45) is 0 Å². The summed E-state index contributed by atoms with van der Waals surface area (Å²) in [4.78, 5) is 24.4. The summed E-state index contributed by atoms with van der Waals surface area (Å²) in [6.07, 6.45) is 2.99. The smallest absolute Gasteiger partial charge is 0.271 e. The molecular formula is C13H14Cl2N2O3. The van der Waals surface area contributed by atoms with Crippen molar-refractivity contribution in [3.05, 3.63) is 38.9 Å². The number of amides is 1. The number of carbonyl (C=O) groups is 1. The van der Waals surface area contributed by atoms with Crippen LogP contribution in [0.3, 0.4) is 0 Å². The van der Waals surface area contributed by atoms with Crippen LogP contribution in [0.2, 0.25) is 5.02 Å². The van der Waals surface area contributed by atoms with Crippen LogP contribution >= 0.6 is 23.2 Å². The zero-order valence-electron chi connectivity index (χ0n) is 10.7. The van der Waals surface area contributed by atoms with Crippen LogP contribution in [0.25, 0.3) is 0 Å². The Morgan fingerprint density at radius 2 is 2.10 bits per heavy atom. The van der Waals surface area contributed by atoms with E-state index in [1.165, 1.54) is 18.2 Å². The standard InChI is InChI=1S/C13H14Cl2N2O3/c14-4-5-16(11-2-1-3-11)13(18)9-6-10(15)8-12(7-9)17(19)20/h6-8,11H,1-5H2. The number of rotatable bonds is 5. The molecule has 0 heterocycles. The molecule has 0 unspecified atom stereocenters. The summed E-state index contributed by atoms with van der Waals surface area (Å²) < 4.78 is 0. The molecule has 0 aromatic heterocycles. The first-order chi connectivity index (χ1) is 9.52. The second-order valence-electron chi connectivity index (χ2n) is 4.73. The molecule has 5 nitrogen and oxygen atoms in total. The van der Waals surface area contributed by atoms with E-state index in [1.54, 1.807) is 4.90 Å². The van der Waals surface area contributed by atoms with Crippen molar-refractivity contribution in [2.75, 3.05) is 12.4 Å². The molecule has 108 valence electrons. The first-order valence-electron chi connectivity index (χ1n) is 6.35. The monoisotopic (exact) mass is 316 g/mol. The van der Waals surface area contributed by atoms with Gasteiger partial charge in [0.05, 0.1) is 4.92 Å². The van der Waals surface area contributed by atoms with Gasteiger partial charge in [-0.15, -0.1) is 11.6 Å². The molecule has 0 saturated heterocycles. The summed E-state index contributed by atoms with van der Waals surface area (Å²) in [5.74, 6) is 0.0891. The van der Waals surface area contributed by atoms with Crippen LogP contribution in [0.1, 0.15) is 29.6 Å². The van der Waals surface area contributed by atoms with E-state index in [4.69, 9.17) is 23.2 Å². The Morgan fingerprint density at radius 1 is 1.40 bits per heavy atom. The SMILES string of the molecule is O=C(c1cc(Cl)cc([N+](=O)[O-])c1)N(CCCl)C1CCC1. The summed E-state index contributed by atoms with van der Waals surface area (Å²) in [5, 5.41) is 11.0. The molecule has 0 aliphatic heterocycles. The van der Waals surface area contributed by atoms with Crippen LogP contribution in [-0.2, 0) is 0 Å².